The van der Waals surface area contributed by atoms with E-state index in [0.29, 0.717) is 5.69 Å². The van der Waals surface area contributed by atoms with E-state index in [0.717, 1.165) is 30.2 Å². The number of H-pyrrole nitrogens is 1. The Labute approximate surface area is 111 Å². The smallest absolute Gasteiger partial charge is 0.272 e. The van der Waals surface area contributed by atoms with E-state index in [4.69, 9.17) is 4.74 Å². The van der Waals surface area contributed by atoms with Crippen LogP contribution in [0, 0.1) is 0 Å². The molecule has 2 unspecified atom stereocenters. The lowest BCUT2D eigenvalue weighted by Crippen LogP contribution is -2.33. The van der Waals surface area contributed by atoms with Gasteiger partial charge in [-0.2, -0.15) is 5.10 Å². The zero-order chi connectivity index (χ0) is 13.2. The lowest BCUT2D eigenvalue weighted by molar-refractivity contribution is 0.0912. The molecular formula is C14H17N3O2. The van der Waals surface area contributed by atoms with Gasteiger partial charge in [-0.25, -0.2) is 0 Å². The number of nitrogens with zero attached hydrogens (tertiary/aromatic N) is 1. The van der Waals surface area contributed by atoms with Crippen molar-refractivity contribution in [2.24, 2.45) is 0 Å². The lowest BCUT2D eigenvalue weighted by Gasteiger charge is -2.11. The van der Waals surface area contributed by atoms with Gasteiger partial charge >= 0.3 is 0 Å². The number of benzene rings is 1. The molecule has 5 nitrogen and oxygen atoms in total. The molecule has 100 valence electrons. The van der Waals surface area contributed by atoms with E-state index in [1.807, 2.05) is 24.3 Å². The van der Waals surface area contributed by atoms with Gasteiger partial charge in [0.2, 0.25) is 0 Å². The van der Waals surface area contributed by atoms with Gasteiger partial charge in [-0.15, -0.1) is 0 Å². The zero-order valence-electron chi connectivity index (χ0n) is 10.8. The molecule has 19 heavy (non-hydrogen) atoms. The number of carbonyl (C=O) groups excluding carboxylic acids is 1. The number of carbonyl (C=O) groups is 1. The predicted octanol–water partition coefficient (Wildman–Crippen LogP) is 1.86. The number of hydrogen-bond acceptors (Lipinski definition) is 3. The zero-order valence-corrected chi connectivity index (χ0v) is 10.8. The standard InChI is InChI=1S/C14H17N3O2/c1-19-10-7-6-9(8-10)15-14(18)13-11-4-2-3-5-12(11)16-17-13/h2-5,9-10H,6-8H2,1H3,(H,15,18)(H,16,17). The van der Waals surface area contributed by atoms with Crippen LogP contribution in [0.2, 0.25) is 0 Å². The minimum atomic E-state index is -0.112. The number of rotatable bonds is 3. The molecule has 1 aromatic carbocycles. The Balaban J connectivity index is 1.74. The molecule has 1 aliphatic rings. The first kappa shape index (κ1) is 12.2. The molecule has 1 aliphatic carbocycles. The molecular weight excluding hydrogens is 242 g/mol. The maximum absolute atomic E-state index is 12.2. The molecule has 0 radical (unpaired) electrons. The number of ether oxygens (including phenoxy) is 1. The van der Waals surface area contributed by atoms with Gasteiger partial charge in [0, 0.05) is 18.5 Å². The molecule has 1 heterocycles. The molecule has 0 spiro atoms. The average molecular weight is 259 g/mol. The first-order valence-corrected chi connectivity index (χ1v) is 6.54. The summed E-state index contributed by atoms with van der Waals surface area (Å²) in [6.45, 7) is 0. The monoisotopic (exact) mass is 259 g/mol. The highest BCUT2D eigenvalue weighted by atomic mass is 16.5. The van der Waals surface area contributed by atoms with Crippen molar-refractivity contribution in [3.63, 3.8) is 0 Å². The molecule has 0 saturated heterocycles. The average Bonchev–Trinajstić information content (AvgIpc) is 3.04. The fourth-order valence-electron chi connectivity index (χ4n) is 2.68. The molecule has 2 atom stereocenters. The normalized spacial score (nSPS) is 22.8. The summed E-state index contributed by atoms with van der Waals surface area (Å²) in [5.41, 5.74) is 1.35. The summed E-state index contributed by atoms with van der Waals surface area (Å²) in [6, 6.07) is 7.83. The van der Waals surface area contributed by atoms with E-state index in [9.17, 15) is 4.79 Å². The van der Waals surface area contributed by atoms with Gasteiger partial charge in [-0.1, -0.05) is 18.2 Å². The van der Waals surface area contributed by atoms with Crippen LogP contribution in [0.15, 0.2) is 24.3 Å². The van der Waals surface area contributed by atoms with E-state index in [1.165, 1.54) is 0 Å². The van der Waals surface area contributed by atoms with Crippen LogP contribution in [-0.2, 0) is 4.74 Å². The minimum Gasteiger partial charge on any atom is -0.381 e. The Morgan fingerprint density at radius 1 is 1.42 bits per heavy atom. The van der Waals surface area contributed by atoms with Crippen LogP contribution >= 0.6 is 0 Å². The highest BCUT2D eigenvalue weighted by molar-refractivity contribution is 6.04. The van der Waals surface area contributed by atoms with Crippen LogP contribution in [-0.4, -0.2) is 35.4 Å². The number of nitrogens with one attached hydrogen (secondary N) is 2. The molecule has 3 rings (SSSR count). The van der Waals surface area contributed by atoms with Crippen LogP contribution in [0.4, 0.5) is 0 Å². The Hall–Kier alpha value is -1.88. The summed E-state index contributed by atoms with van der Waals surface area (Å²) in [6.07, 6.45) is 3.11. The number of aromatic nitrogens is 2. The Morgan fingerprint density at radius 3 is 3.05 bits per heavy atom. The first-order valence-electron chi connectivity index (χ1n) is 6.54. The van der Waals surface area contributed by atoms with Crippen molar-refractivity contribution in [3.8, 4) is 0 Å². The molecule has 0 aliphatic heterocycles. The number of aromatic amines is 1. The summed E-state index contributed by atoms with van der Waals surface area (Å²) in [5, 5.41) is 10.9. The second kappa shape index (κ2) is 5.01. The minimum absolute atomic E-state index is 0.112. The van der Waals surface area contributed by atoms with Gasteiger partial charge in [0.25, 0.3) is 5.91 Å². The second-order valence-corrected chi connectivity index (χ2v) is 4.96. The van der Waals surface area contributed by atoms with Crippen LogP contribution in [0.3, 0.4) is 0 Å². The summed E-state index contributed by atoms with van der Waals surface area (Å²) in [7, 11) is 1.72. The third kappa shape index (κ3) is 2.33. The summed E-state index contributed by atoms with van der Waals surface area (Å²) in [4.78, 5) is 12.2. The van der Waals surface area contributed by atoms with Crippen molar-refractivity contribution in [1.82, 2.24) is 15.5 Å². The predicted molar refractivity (Wildman–Crippen MR) is 72.0 cm³/mol. The van der Waals surface area contributed by atoms with Crippen molar-refractivity contribution in [2.45, 2.75) is 31.4 Å². The number of fused-ring (bicyclic) bond motifs is 1. The van der Waals surface area contributed by atoms with Gasteiger partial charge in [-0.3, -0.25) is 9.89 Å². The first-order chi connectivity index (χ1) is 9.28. The van der Waals surface area contributed by atoms with E-state index in [2.05, 4.69) is 15.5 Å². The van der Waals surface area contributed by atoms with Crippen molar-refractivity contribution in [2.75, 3.05) is 7.11 Å². The third-order valence-corrected chi connectivity index (χ3v) is 3.74. The van der Waals surface area contributed by atoms with E-state index in [1.54, 1.807) is 7.11 Å². The molecule has 5 heteroatoms. The number of hydrogen-bond donors (Lipinski definition) is 2. The third-order valence-electron chi connectivity index (χ3n) is 3.74. The maximum atomic E-state index is 12.2. The molecule has 1 fully saturated rings. The van der Waals surface area contributed by atoms with E-state index >= 15 is 0 Å². The fourth-order valence-corrected chi connectivity index (χ4v) is 2.68. The molecule has 2 aromatic rings. The molecule has 0 bridgehead atoms. The van der Waals surface area contributed by atoms with Crippen LogP contribution in [0.1, 0.15) is 29.8 Å². The quantitative estimate of drug-likeness (QED) is 0.884. The van der Waals surface area contributed by atoms with Crippen molar-refractivity contribution in [1.29, 1.82) is 0 Å². The fraction of sp³-hybridized carbons (Fsp3) is 0.429. The Kier molecular flexibility index (Phi) is 3.21. The molecule has 2 N–H and O–H groups in total. The topological polar surface area (TPSA) is 67.0 Å². The van der Waals surface area contributed by atoms with Gasteiger partial charge in [-0.05, 0) is 25.3 Å². The lowest BCUT2D eigenvalue weighted by atomic mass is 10.2. The van der Waals surface area contributed by atoms with Gasteiger partial charge < -0.3 is 10.1 Å². The molecule has 1 amide bonds. The summed E-state index contributed by atoms with van der Waals surface area (Å²) >= 11 is 0. The van der Waals surface area contributed by atoms with Crippen LogP contribution in [0.25, 0.3) is 10.9 Å². The van der Waals surface area contributed by atoms with Gasteiger partial charge in [0.15, 0.2) is 5.69 Å². The van der Waals surface area contributed by atoms with Gasteiger partial charge in [0.05, 0.1) is 11.6 Å². The highest BCUT2D eigenvalue weighted by Gasteiger charge is 2.26. The van der Waals surface area contributed by atoms with Crippen LogP contribution < -0.4 is 5.32 Å². The second-order valence-electron chi connectivity index (χ2n) is 4.96. The van der Waals surface area contributed by atoms with Crippen molar-refractivity contribution < 1.29 is 9.53 Å². The van der Waals surface area contributed by atoms with Crippen molar-refractivity contribution >= 4 is 16.8 Å². The SMILES string of the molecule is COC1CCC(NC(=O)c2n[nH]c3ccccc23)C1. The van der Waals surface area contributed by atoms with Gasteiger partial charge in [0.1, 0.15) is 0 Å². The molecule has 1 saturated carbocycles. The highest BCUT2D eigenvalue weighted by Crippen LogP contribution is 2.22. The Bertz CT molecular complexity index is 593. The van der Waals surface area contributed by atoms with Crippen molar-refractivity contribution in [3.05, 3.63) is 30.0 Å². The summed E-state index contributed by atoms with van der Waals surface area (Å²) in [5.74, 6) is -0.112. The maximum Gasteiger partial charge on any atom is 0.272 e. The number of methoxy groups -OCH3 is 1. The van der Waals surface area contributed by atoms with Crippen LogP contribution in [0.5, 0.6) is 0 Å². The number of para-hydroxylation sites is 1. The molecule has 1 aromatic heterocycles. The Morgan fingerprint density at radius 2 is 2.26 bits per heavy atom. The van der Waals surface area contributed by atoms with E-state index < -0.39 is 0 Å². The largest absolute Gasteiger partial charge is 0.381 e. The van der Waals surface area contributed by atoms with E-state index in [-0.39, 0.29) is 18.1 Å². The summed E-state index contributed by atoms with van der Waals surface area (Å²) < 4.78 is 5.31. The number of amides is 1.